The molecule has 0 saturated carbocycles. The Hall–Kier alpha value is -0.870. The third kappa shape index (κ3) is 2.28. The Labute approximate surface area is 108 Å². The summed E-state index contributed by atoms with van der Waals surface area (Å²) in [5.41, 5.74) is 3.06. The molecule has 0 amide bonds. The Bertz CT molecular complexity index is 496. The predicted octanol–water partition coefficient (Wildman–Crippen LogP) is 3.33. The van der Waals surface area contributed by atoms with E-state index in [1.54, 1.807) is 4.68 Å². The minimum atomic E-state index is 0.387. The second-order valence-corrected chi connectivity index (χ2v) is 4.60. The summed E-state index contributed by atoms with van der Waals surface area (Å²) in [5.74, 6) is 0.387. The molecule has 2 rings (SSSR count). The zero-order chi connectivity index (χ0) is 11.5. The van der Waals surface area contributed by atoms with Gasteiger partial charge >= 0.3 is 0 Å². The second kappa shape index (κ2) is 4.97. The SMILES string of the molecule is CCc1cc(Br)ccc1-n1cc(CCl)nn1. The number of aromatic nitrogens is 3. The van der Waals surface area contributed by atoms with Crippen molar-refractivity contribution in [1.29, 1.82) is 0 Å². The largest absolute Gasteiger partial charge is 0.220 e. The smallest absolute Gasteiger partial charge is 0.0979 e. The fraction of sp³-hybridized carbons (Fsp3) is 0.273. The highest BCUT2D eigenvalue weighted by molar-refractivity contribution is 9.10. The first kappa shape index (κ1) is 11.6. The van der Waals surface area contributed by atoms with Crippen molar-refractivity contribution in [2.75, 3.05) is 0 Å². The van der Waals surface area contributed by atoms with Crippen LogP contribution in [0.25, 0.3) is 5.69 Å². The van der Waals surface area contributed by atoms with Gasteiger partial charge in [0.25, 0.3) is 0 Å². The average Bonchev–Trinajstić information content (AvgIpc) is 2.77. The van der Waals surface area contributed by atoms with E-state index in [-0.39, 0.29) is 0 Å². The van der Waals surface area contributed by atoms with Crippen LogP contribution in [0.4, 0.5) is 0 Å². The van der Waals surface area contributed by atoms with Crippen LogP contribution in [-0.4, -0.2) is 15.0 Å². The maximum Gasteiger partial charge on any atom is 0.0979 e. The van der Waals surface area contributed by atoms with Gasteiger partial charge in [-0.15, -0.1) is 16.7 Å². The molecule has 0 bridgehead atoms. The summed E-state index contributed by atoms with van der Waals surface area (Å²) in [6.07, 6.45) is 2.81. The lowest BCUT2D eigenvalue weighted by Gasteiger charge is -2.07. The Morgan fingerprint density at radius 1 is 1.44 bits per heavy atom. The quantitative estimate of drug-likeness (QED) is 0.814. The van der Waals surface area contributed by atoms with Crippen LogP contribution in [0, 0.1) is 0 Å². The standard InChI is InChI=1S/C11H11BrClN3/c1-2-8-5-9(12)3-4-11(8)16-7-10(6-13)14-15-16/h3-5,7H,2,6H2,1H3. The Balaban J connectivity index is 2.46. The molecule has 0 aliphatic carbocycles. The summed E-state index contributed by atoms with van der Waals surface area (Å²) >= 11 is 9.17. The van der Waals surface area contributed by atoms with Crippen LogP contribution in [-0.2, 0) is 12.3 Å². The molecule has 2 aromatic rings. The Morgan fingerprint density at radius 2 is 2.25 bits per heavy atom. The normalized spacial score (nSPS) is 10.7. The van der Waals surface area contributed by atoms with Crippen LogP contribution < -0.4 is 0 Å². The monoisotopic (exact) mass is 299 g/mol. The molecule has 0 aliphatic heterocycles. The summed E-state index contributed by atoms with van der Waals surface area (Å²) in [6.45, 7) is 2.12. The fourth-order valence-electron chi connectivity index (χ4n) is 1.54. The van der Waals surface area contributed by atoms with Gasteiger partial charge in [0.05, 0.1) is 23.5 Å². The molecule has 5 heteroatoms. The molecule has 16 heavy (non-hydrogen) atoms. The predicted molar refractivity (Wildman–Crippen MR) is 68.0 cm³/mol. The molecule has 1 heterocycles. The molecular formula is C11H11BrClN3. The number of rotatable bonds is 3. The lowest BCUT2D eigenvalue weighted by Crippen LogP contribution is -1.99. The van der Waals surface area contributed by atoms with Crippen molar-refractivity contribution >= 4 is 27.5 Å². The van der Waals surface area contributed by atoms with Gasteiger partial charge in [0, 0.05) is 4.47 Å². The maximum atomic E-state index is 5.70. The van der Waals surface area contributed by atoms with Crippen LogP contribution >= 0.6 is 27.5 Å². The summed E-state index contributed by atoms with van der Waals surface area (Å²) in [4.78, 5) is 0. The van der Waals surface area contributed by atoms with Crippen molar-refractivity contribution < 1.29 is 0 Å². The molecule has 0 N–H and O–H groups in total. The van der Waals surface area contributed by atoms with Crippen molar-refractivity contribution in [2.45, 2.75) is 19.2 Å². The highest BCUT2D eigenvalue weighted by atomic mass is 79.9. The van der Waals surface area contributed by atoms with E-state index in [9.17, 15) is 0 Å². The number of hydrogen-bond donors (Lipinski definition) is 0. The van der Waals surface area contributed by atoms with E-state index in [0.29, 0.717) is 5.88 Å². The molecule has 0 atom stereocenters. The number of halogens is 2. The lowest BCUT2D eigenvalue weighted by atomic mass is 10.1. The third-order valence-corrected chi connectivity index (χ3v) is 3.11. The van der Waals surface area contributed by atoms with E-state index in [0.717, 1.165) is 22.3 Å². The minimum Gasteiger partial charge on any atom is -0.220 e. The van der Waals surface area contributed by atoms with E-state index < -0.39 is 0 Å². The summed E-state index contributed by atoms with van der Waals surface area (Å²) < 4.78 is 2.84. The summed E-state index contributed by atoms with van der Waals surface area (Å²) in [6, 6.07) is 6.11. The topological polar surface area (TPSA) is 30.7 Å². The van der Waals surface area contributed by atoms with Crippen molar-refractivity contribution in [3.63, 3.8) is 0 Å². The van der Waals surface area contributed by atoms with Gasteiger partial charge in [-0.1, -0.05) is 28.1 Å². The second-order valence-electron chi connectivity index (χ2n) is 3.41. The molecule has 0 spiro atoms. The number of hydrogen-bond acceptors (Lipinski definition) is 2. The molecular weight excluding hydrogens is 289 g/mol. The number of nitrogens with zero attached hydrogens (tertiary/aromatic N) is 3. The van der Waals surface area contributed by atoms with Crippen molar-refractivity contribution in [2.24, 2.45) is 0 Å². The van der Waals surface area contributed by atoms with Gasteiger partial charge in [-0.25, -0.2) is 4.68 Å². The van der Waals surface area contributed by atoms with Gasteiger partial charge in [0.1, 0.15) is 0 Å². The van der Waals surface area contributed by atoms with Crippen molar-refractivity contribution in [3.05, 3.63) is 40.1 Å². The molecule has 0 unspecified atom stereocenters. The van der Waals surface area contributed by atoms with Crippen LogP contribution in [0.5, 0.6) is 0 Å². The Morgan fingerprint density at radius 3 is 2.88 bits per heavy atom. The van der Waals surface area contributed by atoms with Crippen LogP contribution in [0.2, 0.25) is 0 Å². The highest BCUT2D eigenvalue weighted by Gasteiger charge is 2.06. The minimum absolute atomic E-state index is 0.387. The third-order valence-electron chi connectivity index (χ3n) is 2.35. The maximum absolute atomic E-state index is 5.70. The summed E-state index contributed by atoms with van der Waals surface area (Å²) in [5, 5.41) is 8.04. The van der Waals surface area contributed by atoms with E-state index in [1.165, 1.54) is 5.56 Å². The first-order valence-electron chi connectivity index (χ1n) is 5.00. The molecule has 0 aliphatic rings. The molecule has 1 aromatic heterocycles. The first-order chi connectivity index (χ1) is 7.74. The van der Waals surface area contributed by atoms with E-state index in [1.807, 2.05) is 18.3 Å². The summed E-state index contributed by atoms with van der Waals surface area (Å²) in [7, 11) is 0. The average molecular weight is 301 g/mol. The molecule has 3 nitrogen and oxygen atoms in total. The van der Waals surface area contributed by atoms with Gasteiger partial charge in [-0.3, -0.25) is 0 Å². The zero-order valence-corrected chi connectivity index (χ0v) is 11.2. The number of alkyl halides is 1. The van der Waals surface area contributed by atoms with Gasteiger partial charge in [0.15, 0.2) is 0 Å². The molecule has 1 aromatic carbocycles. The van der Waals surface area contributed by atoms with Gasteiger partial charge in [-0.2, -0.15) is 0 Å². The molecule has 0 fully saturated rings. The van der Waals surface area contributed by atoms with E-state index in [4.69, 9.17) is 11.6 Å². The van der Waals surface area contributed by atoms with Crippen LogP contribution in [0.3, 0.4) is 0 Å². The molecule has 84 valence electrons. The lowest BCUT2D eigenvalue weighted by molar-refractivity contribution is 0.790. The van der Waals surface area contributed by atoms with Crippen LogP contribution in [0.1, 0.15) is 18.2 Å². The molecule has 0 saturated heterocycles. The van der Waals surface area contributed by atoms with Crippen molar-refractivity contribution in [3.8, 4) is 5.69 Å². The number of benzene rings is 1. The van der Waals surface area contributed by atoms with Gasteiger partial charge in [-0.05, 0) is 30.2 Å². The van der Waals surface area contributed by atoms with Gasteiger partial charge in [0.2, 0.25) is 0 Å². The Kier molecular flexibility index (Phi) is 3.61. The number of aryl methyl sites for hydroxylation is 1. The zero-order valence-electron chi connectivity index (χ0n) is 8.82. The fourth-order valence-corrected chi connectivity index (χ4v) is 2.07. The van der Waals surface area contributed by atoms with E-state index in [2.05, 4.69) is 39.2 Å². The molecule has 0 radical (unpaired) electrons. The van der Waals surface area contributed by atoms with Crippen molar-refractivity contribution in [1.82, 2.24) is 15.0 Å². The van der Waals surface area contributed by atoms with Gasteiger partial charge < -0.3 is 0 Å². The van der Waals surface area contributed by atoms with Crippen LogP contribution in [0.15, 0.2) is 28.9 Å². The highest BCUT2D eigenvalue weighted by Crippen LogP contribution is 2.20. The van der Waals surface area contributed by atoms with E-state index >= 15 is 0 Å². The first-order valence-corrected chi connectivity index (χ1v) is 6.33.